The Morgan fingerprint density at radius 3 is 2.75 bits per heavy atom. The molecule has 148 valence electrons. The summed E-state index contributed by atoms with van der Waals surface area (Å²) in [6, 6.07) is 8.27. The number of carbonyl (C=O) groups excluding carboxylic acids is 1. The smallest absolute Gasteiger partial charge is 0.252 e. The monoisotopic (exact) mass is 384 g/mol. The van der Waals surface area contributed by atoms with E-state index >= 15 is 0 Å². The number of H-pyrrole nitrogens is 1. The van der Waals surface area contributed by atoms with E-state index in [1.165, 1.54) is 31.4 Å². The van der Waals surface area contributed by atoms with Crippen LogP contribution in [0.1, 0.15) is 55.7 Å². The van der Waals surface area contributed by atoms with E-state index < -0.39 is 0 Å². The van der Waals surface area contributed by atoms with E-state index in [9.17, 15) is 14.0 Å². The van der Waals surface area contributed by atoms with Crippen LogP contribution in [-0.2, 0) is 11.3 Å². The third-order valence-electron chi connectivity index (χ3n) is 5.76. The second kappa shape index (κ2) is 8.12. The lowest BCUT2D eigenvalue weighted by Gasteiger charge is -2.31. The van der Waals surface area contributed by atoms with Gasteiger partial charge in [-0.3, -0.25) is 14.6 Å². The average molecular weight is 384 g/mol. The van der Waals surface area contributed by atoms with Crippen LogP contribution in [0.25, 0.3) is 0 Å². The van der Waals surface area contributed by atoms with E-state index in [1.807, 2.05) is 4.90 Å². The highest BCUT2D eigenvalue weighted by molar-refractivity contribution is 5.80. The molecule has 1 amide bonds. The van der Waals surface area contributed by atoms with Gasteiger partial charge in [0.25, 0.3) is 5.56 Å². The SMILES string of the molecule is O=C1CC(c2cc(=O)[nH]c(NCc3ccccc3F)n2)CN1C1CCCCC1. The van der Waals surface area contributed by atoms with Crippen molar-refractivity contribution < 1.29 is 9.18 Å². The van der Waals surface area contributed by atoms with E-state index in [4.69, 9.17) is 0 Å². The van der Waals surface area contributed by atoms with Gasteiger partial charge in [-0.25, -0.2) is 9.37 Å². The summed E-state index contributed by atoms with van der Waals surface area (Å²) in [6.07, 6.45) is 6.11. The lowest BCUT2D eigenvalue weighted by Crippen LogP contribution is -2.37. The number of aromatic amines is 1. The van der Waals surface area contributed by atoms with E-state index in [0.717, 1.165) is 12.8 Å². The first-order chi connectivity index (χ1) is 13.6. The zero-order valence-electron chi connectivity index (χ0n) is 15.8. The van der Waals surface area contributed by atoms with Crippen LogP contribution >= 0.6 is 0 Å². The Labute approximate surface area is 163 Å². The summed E-state index contributed by atoms with van der Waals surface area (Å²) in [5, 5.41) is 2.99. The number of hydrogen-bond acceptors (Lipinski definition) is 4. The fourth-order valence-electron chi connectivity index (χ4n) is 4.27. The molecule has 1 aromatic carbocycles. The van der Waals surface area contributed by atoms with Crippen molar-refractivity contribution in [1.29, 1.82) is 0 Å². The summed E-state index contributed by atoms with van der Waals surface area (Å²) in [5.74, 6) is 0.0675. The number of likely N-dealkylation sites (tertiary alicyclic amines) is 1. The first-order valence-electron chi connectivity index (χ1n) is 9.98. The first kappa shape index (κ1) is 18.7. The normalized spacial score (nSPS) is 20.5. The molecule has 0 spiro atoms. The predicted octanol–water partition coefficient (Wildman–Crippen LogP) is 3.17. The fourth-order valence-corrected chi connectivity index (χ4v) is 4.27. The number of nitrogens with one attached hydrogen (secondary N) is 2. The molecule has 2 aliphatic rings. The summed E-state index contributed by atoms with van der Waals surface area (Å²) in [5.41, 5.74) is 0.839. The van der Waals surface area contributed by atoms with Crippen molar-refractivity contribution in [3.05, 3.63) is 57.8 Å². The van der Waals surface area contributed by atoms with Gasteiger partial charge in [-0.05, 0) is 18.9 Å². The van der Waals surface area contributed by atoms with E-state index in [-0.39, 0.29) is 29.7 Å². The van der Waals surface area contributed by atoms with Crippen molar-refractivity contribution in [2.75, 3.05) is 11.9 Å². The van der Waals surface area contributed by atoms with Crippen LogP contribution in [0.5, 0.6) is 0 Å². The maximum Gasteiger partial charge on any atom is 0.252 e. The van der Waals surface area contributed by atoms with Crippen molar-refractivity contribution in [2.24, 2.45) is 0 Å². The number of amides is 1. The molecular weight excluding hydrogens is 359 g/mol. The molecule has 1 unspecified atom stereocenters. The Morgan fingerprint density at radius 2 is 1.96 bits per heavy atom. The summed E-state index contributed by atoms with van der Waals surface area (Å²) >= 11 is 0. The van der Waals surface area contributed by atoms with Crippen LogP contribution in [0.3, 0.4) is 0 Å². The summed E-state index contributed by atoms with van der Waals surface area (Å²) in [7, 11) is 0. The van der Waals surface area contributed by atoms with Gasteiger partial charge in [0.05, 0.1) is 5.69 Å². The fraction of sp³-hybridized carbons (Fsp3) is 0.476. The molecule has 2 N–H and O–H groups in total. The highest BCUT2D eigenvalue weighted by atomic mass is 19.1. The van der Waals surface area contributed by atoms with Gasteiger partial charge < -0.3 is 10.2 Å². The molecule has 28 heavy (non-hydrogen) atoms. The van der Waals surface area contributed by atoms with Crippen LogP contribution in [0.4, 0.5) is 10.3 Å². The topological polar surface area (TPSA) is 78.1 Å². The van der Waals surface area contributed by atoms with Gasteiger partial charge in [-0.1, -0.05) is 37.5 Å². The Bertz CT molecular complexity index is 907. The number of benzene rings is 1. The molecule has 2 heterocycles. The average Bonchev–Trinajstić information content (AvgIpc) is 3.09. The minimum absolute atomic E-state index is 0.0780. The summed E-state index contributed by atoms with van der Waals surface area (Å²) in [4.78, 5) is 33.8. The third-order valence-corrected chi connectivity index (χ3v) is 5.76. The Morgan fingerprint density at radius 1 is 1.18 bits per heavy atom. The van der Waals surface area contributed by atoms with Crippen LogP contribution in [0, 0.1) is 5.82 Å². The second-order valence-corrected chi connectivity index (χ2v) is 7.70. The van der Waals surface area contributed by atoms with Crippen LogP contribution in [0.15, 0.2) is 35.1 Å². The number of halogens is 1. The maximum atomic E-state index is 13.8. The molecule has 1 aliphatic heterocycles. The van der Waals surface area contributed by atoms with E-state index in [0.29, 0.717) is 36.2 Å². The van der Waals surface area contributed by atoms with Gasteiger partial charge in [0.15, 0.2) is 0 Å². The van der Waals surface area contributed by atoms with Crippen molar-refractivity contribution in [1.82, 2.24) is 14.9 Å². The molecule has 2 aromatic rings. The molecule has 0 bridgehead atoms. The Kier molecular flexibility index (Phi) is 5.41. The number of anilines is 1. The molecule has 1 aliphatic carbocycles. The molecule has 1 aromatic heterocycles. The van der Waals surface area contributed by atoms with Crippen molar-refractivity contribution >= 4 is 11.9 Å². The minimum atomic E-state index is -0.307. The van der Waals surface area contributed by atoms with Gasteiger partial charge in [0.2, 0.25) is 11.9 Å². The highest BCUT2D eigenvalue weighted by Gasteiger charge is 2.36. The molecular formula is C21H25FN4O2. The van der Waals surface area contributed by atoms with Gasteiger partial charge in [0.1, 0.15) is 5.82 Å². The van der Waals surface area contributed by atoms with E-state index in [1.54, 1.807) is 18.2 Å². The highest BCUT2D eigenvalue weighted by Crippen LogP contribution is 2.32. The van der Waals surface area contributed by atoms with Gasteiger partial charge >= 0.3 is 0 Å². The number of aromatic nitrogens is 2. The zero-order chi connectivity index (χ0) is 19.5. The molecule has 1 atom stereocenters. The largest absolute Gasteiger partial charge is 0.352 e. The lowest BCUT2D eigenvalue weighted by atomic mass is 9.94. The number of rotatable bonds is 5. The molecule has 0 radical (unpaired) electrons. The number of hydrogen-bond donors (Lipinski definition) is 2. The second-order valence-electron chi connectivity index (χ2n) is 7.70. The lowest BCUT2D eigenvalue weighted by molar-refractivity contribution is -0.130. The molecule has 4 rings (SSSR count). The van der Waals surface area contributed by atoms with Crippen molar-refractivity contribution in [3.63, 3.8) is 0 Å². The van der Waals surface area contributed by atoms with Crippen molar-refractivity contribution in [3.8, 4) is 0 Å². The van der Waals surface area contributed by atoms with Crippen LogP contribution in [-0.4, -0.2) is 33.4 Å². The quantitative estimate of drug-likeness (QED) is 0.830. The Hall–Kier alpha value is -2.70. The first-order valence-corrected chi connectivity index (χ1v) is 9.98. The predicted molar refractivity (Wildman–Crippen MR) is 105 cm³/mol. The van der Waals surface area contributed by atoms with Gasteiger partial charge in [-0.15, -0.1) is 0 Å². The molecule has 7 heteroatoms. The standard InChI is InChI=1S/C21H25FN4O2/c22-17-9-5-4-6-14(17)12-23-21-24-18(11-19(27)25-21)15-10-20(28)26(13-15)16-7-2-1-3-8-16/h4-6,9,11,15-16H,1-3,7-8,10,12-13H2,(H2,23,24,25,27). The molecule has 2 fully saturated rings. The summed E-state index contributed by atoms with van der Waals surface area (Å²) in [6.45, 7) is 0.837. The zero-order valence-corrected chi connectivity index (χ0v) is 15.8. The van der Waals surface area contributed by atoms with Crippen LogP contribution < -0.4 is 10.9 Å². The number of carbonyl (C=O) groups is 1. The van der Waals surface area contributed by atoms with E-state index in [2.05, 4.69) is 15.3 Å². The minimum Gasteiger partial charge on any atom is -0.352 e. The Balaban J connectivity index is 1.47. The third kappa shape index (κ3) is 4.08. The maximum absolute atomic E-state index is 13.8. The van der Waals surface area contributed by atoms with Crippen LogP contribution in [0.2, 0.25) is 0 Å². The molecule has 1 saturated carbocycles. The van der Waals surface area contributed by atoms with Crippen molar-refractivity contribution in [2.45, 2.75) is 57.0 Å². The summed E-state index contributed by atoms with van der Waals surface area (Å²) < 4.78 is 13.8. The van der Waals surface area contributed by atoms with Gasteiger partial charge in [-0.2, -0.15) is 0 Å². The molecule has 1 saturated heterocycles. The molecule has 6 nitrogen and oxygen atoms in total. The van der Waals surface area contributed by atoms with Gasteiger partial charge in [0, 0.05) is 43.1 Å². The number of nitrogens with zero attached hydrogens (tertiary/aromatic N) is 2.